The minimum atomic E-state index is -5.59. The Hall–Kier alpha value is -6.44. The first-order valence-corrected chi connectivity index (χ1v) is 28.3. The quantitative estimate of drug-likeness (QED) is 0.0146. The lowest BCUT2D eigenvalue weighted by molar-refractivity contribution is -0.202. The first-order valence-electron chi connectivity index (χ1n) is 25.2. The number of hydrogen-bond acceptors (Lipinski definition) is 18. The maximum atomic E-state index is 13.8. The molecule has 2 aromatic carbocycles. The van der Waals surface area contributed by atoms with Gasteiger partial charge in [0.2, 0.25) is 15.9 Å². The van der Waals surface area contributed by atoms with Crippen LogP contribution in [0.15, 0.2) is 53.8 Å². The molecule has 2 unspecified atom stereocenters. The number of fused-ring (bicyclic) bond motifs is 1. The molecular formula is C49H70F3N9O16S2. The molecule has 0 spiro atoms. The van der Waals surface area contributed by atoms with E-state index >= 15 is 0 Å². The Balaban J connectivity index is 1.13. The largest absolute Gasteiger partial charge is 0.494 e. The molecule has 0 aliphatic carbocycles. The van der Waals surface area contributed by atoms with E-state index in [1.54, 1.807) is 43.9 Å². The van der Waals surface area contributed by atoms with Crippen molar-refractivity contribution in [2.75, 3.05) is 77.0 Å². The Morgan fingerprint density at radius 1 is 0.823 bits per heavy atom. The summed E-state index contributed by atoms with van der Waals surface area (Å²) in [6.07, 6.45) is 1.46. The third-order valence-electron chi connectivity index (χ3n) is 11.0. The fourth-order valence-electron chi connectivity index (χ4n) is 7.53. The molecule has 4 aromatic rings. The minimum Gasteiger partial charge on any atom is -0.494 e. The van der Waals surface area contributed by atoms with Crippen LogP contribution in [0.1, 0.15) is 87.2 Å². The maximum Gasteiger partial charge on any atom is 0.491 e. The highest BCUT2D eigenvalue weighted by Gasteiger charge is 2.44. The number of anilines is 1. The number of nitrogens with one attached hydrogen (secondary N) is 6. The molecule has 440 valence electrons. The highest BCUT2D eigenvalue weighted by atomic mass is 32.2. The molecule has 0 saturated carbocycles. The van der Waals surface area contributed by atoms with E-state index in [1.165, 1.54) is 44.3 Å². The van der Waals surface area contributed by atoms with Gasteiger partial charge >= 0.3 is 24.2 Å². The smallest absolute Gasteiger partial charge is 0.491 e. The molecule has 30 heteroatoms. The number of sulfonamides is 1. The third kappa shape index (κ3) is 24.6. The van der Waals surface area contributed by atoms with Crippen molar-refractivity contribution in [3.63, 3.8) is 0 Å². The average Bonchev–Trinajstić information content (AvgIpc) is 4.02. The molecule has 3 amide bonds. The Morgan fingerprint density at radius 2 is 1.49 bits per heavy atom. The van der Waals surface area contributed by atoms with Crippen molar-refractivity contribution in [3.05, 3.63) is 65.6 Å². The number of carbonyl (C=O) groups is 5. The molecule has 2 aromatic heterocycles. The van der Waals surface area contributed by atoms with Gasteiger partial charge in [-0.1, -0.05) is 0 Å². The summed E-state index contributed by atoms with van der Waals surface area (Å²) in [6.45, 7) is 10.5. The number of carbonyl (C=O) groups excluding carboxylic acids is 5. The molecule has 79 heavy (non-hydrogen) atoms. The summed E-state index contributed by atoms with van der Waals surface area (Å²) in [5, 5.41) is 15.6. The van der Waals surface area contributed by atoms with Crippen LogP contribution in [0.4, 0.5) is 23.9 Å². The number of rotatable bonds is 35. The number of aromatic nitrogens is 4. The van der Waals surface area contributed by atoms with Crippen molar-refractivity contribution in [2.24, 2.45) is 0 Å². The summed E-state index contributed by atoms with van der Waals surface area (Å²) >= 11 is 0. The van der Waals surface area contributed by atoms with E-state index in [2.05, 4.69) is 41.1 Å². The first-order chi connectivity index (χ1) is 37.2. The van der Waals surface area contributed by atoms with Gasteiger partial charge in [0.15, 0.2) is 5.95 Å². The standard InChI is InChI=1S/C49H70F3N9O16S2/c1-33-27-38(75-22-8-12-41(62)53-16-10-21-73-24-26-74-25-23-72-20-7-6-11-37(32-78(67,68)69)59-47(66)77-48(3,4)5)28-34(2)42(33)79(70,71)60-39(44(64)76-45(65)49(50,51)52)31-57-43(63)35-13-14-40-36(29-35)30-58-61(40)19-9-15-54-46-55-17-18-56-46/h13-14,17-18,27-30,37,39,60H,6-12,15-16,19-26,31-32H2,1-5H3,(H,53,62)(H,57,63)(H,59,66)(H2,54,55,56)(H,67,68,69). The SMILES string of the molecule is Cc1cc(OCCCC(=O)NCCCOCCOCCOCCCCC(CS(=O)(=O)O)NC(=O)OC(C)(C)C)cc(C)c1S(=O)(=O)NC(CNC(=O)c1ccc2c(cnn2CCCNc2ncc[nH]2)c1)C(=O)OC(=O)C(F)(F)F. The van der Waals surface area contributed by atoms with Gasteiger partial charge in [0.25, 0.3) is 16.0 Å². The number of nitrogens with zero attached hydrogens (tertiary/aromatic N) is 3. The molecule has 0 saturated heterocycles. The second kappa shape index (κ2) is 31.4. The second-order valence-electron chi connectivity index (χ2n) is 18.9. The second-order valence-corrected chi connectivity index (χ2v) is 22.1. The van der Waals surface area contributed by atoms with Gasteiger partial charge in [0.05, 0.1) is 55.4 Å². The molecular weight excluding hydrogens is 1090 g/mol. The van der Waals surface area contributed by atoms with E-state index in [-0.39, 0.29) is 52.7 Å². The minimum absolute atomic E-state index is 0.0509. The summed E-state index contributed by atoms with van der Waals surface area (Å²) in [5.41, 5.74) is 0.191. The zero-order valence-electron chi connectivity index (χ0n) is 44.6. The average molecular weight is 1160 g/mol. The van der Waals surface area contributed by atoms with Crippen LogP contribution < -0.4 is 30.7 Å². The van der Waals surface area contributed by atoms with Crippen molar-refractivity contribution in [2.45, 2.75) is 115 Å². The number of halogens is 3. The lowest BCUT2D eigenvalue weighted by atomic mass is 10.1. The predicted molar refractivity (Wildman–Crippen MR) is 279 cm³/mol. The van der Waals surface area contributed by atoms with Crippen molar-refractivity contribution in [3.8, 4) is 5.75 Å². The molecule has 25 nitrogen and oxygen atoms in total. The maximum absolute atomic E-state index is 13.8. The number of alkyl carbamates (subject to hydrolysis) is 1. The number of alkyl halides is 3. The van der Waals surface area contributed by atoms with Gasteiger partial charge in [-0.25, -0.2) is 27.8 Å². The summed E-state index contributed by atoms with van der Waals surface area (Å²) in [4.78, 5) is 68.9. The van der Waals surface area contributed by atoms with E-state index in [1.807, 2.05) is 4.72 Å². The fourth-order valence-corrected chi connectivity index (χ4v) is 9.93. The van der Waals surface area contributed by atoms with Crippen LogP contribution >= 0.6 is 0 Å². The van der Waals surface area contributed by atoms with Gasteiger partial charge in [0.1, 0.15) is 17.4 Å². The van der Waals surface area contributed by atoms with E-state index < -0.39 is 80.2 Å². The molecule has 7 N–H and O–H groups in total. The van der Waals surface area contributed by atoms with Gasteiger partial charge in [-0.05, 0) is 115 Å². The van der Waals surface area contributed by atoms with Crippen LogP contribution in [0.2, 0.25) is 0 Å². The molecule has 0 fully saturated rings. The van der Waals surface area contributed by atoms with E-state index in [0.29, 0.717) is 108 Å². The summed E-state index contributed by atoms with van der Waals surface area (Å²) in [5.74, 6) is -5.66. The summed E-state index contributed by atoms with van der Waals surface area (Å²) in [7, 11) is -9.08. The van der Waals surface area contributed by atoms with Gasteiger partial charge in [-0.15, -0.1) is 0 Å². The predicted octanol–water partition coefficient (Wildman–Crippen LogP) is 4.25. The number of aromatic amines is 1. The van der Waals surface area contributed by atoms with E-state index in [4.69, 9.17) is 23.7 Å². The fraction of sp³-hybridized carbons (Fsp3) is 0.571. The highest BCUT2D eigenvalue weighted by molar-refractivity contribution is 7.89. The number of esters is 2. The number of ether oxygens (including phenoxy) is 6. The van der Waals surface area contributed by atoms with Crippen molar-refractivity contribution < 1.29 is 87.0 Å². The van der Waals surface area contributed by atoms with Crippen LogP contribution in [0.5, 0.6) is 5.75 Å². The molecule has 0 aliphatic heterocycles. The zero-order valence-corrected chi connectivity index (χ0v) is 46.2. The number of aryl methyl sites for hydroxylation is 3. The lowest BCUT2D eigenvalue weighted by Gasteiger charge is -2.23. The molecule has 2 heterocycles. The first kappa shape index (κ1) is 65.1. The zero-order chi connectivity index (χ0) is 58.2. The number of imidazole rings is 1. The van der Waals surface area contributed by atoms with Gasteiger partial charge < -0.3 is 54.7 Å². The Labute approximate surface area is 455 Å². The molecule has 4 rings (SSSR count). The Morgan fingerprint density at radius 3 is 2.13 bits per heavy atom. The number of benzene rings is 2. The van der Waals surface area contributed by atoms with Crippen LogP contribution in [0, 0.1) is 13.8 Å². The third-order valence-corrected chi connectivity index (χ3v) is 13.6. The molecule has 0 radical (unpaired) electrons. The van der Waals surface area contributed by atoms with Gasteiger partial charge in [0, 0.05) is 75.2 Å². The highest BCUT2D eigenvalue weighted by Crippen LogP contribution is 2.27. The number of unbranched alkanes of at least 4 members (excludes halogenated alkanes) is 1. The lowest BCUT2D eigenvalue weighted by Crippen LogP contribution is -2.50. The normalized spacial score (nSPS) is 12.9. The van der Waals surface area contributed by atoms with Crippen LogP contribution in [0.25, 0.3) is 10.9 Å². The Kier molecular flexibility index (Phi) is 25.8. The van der Waals surface area contributed by atoms with Gasteiger partial charge in [-0.2, -0.15) is 31.4 Å². The van der Waals surface area contributed by atoms with Gasteiger partial charge in [-0.3, -0.25) is 18.8 Å². The number of H-pyrrole nitrogens is 1. The molecule has 2 atom stereocenters. The van der Waals surface area contributed by atoms with Crippen molar-refractivity contribution in [1.29, 1.82) is 0 Å². The van der Waals surface area contributed by atoms with E-state index in [0.717, 1.165) is 0 Å². The van der Waals surface area contributed by atoms with Crippen molar-refractivity contribution in [1.82, 2.24) is 40.4 Å². The van der Waals surface area contributed by atoms with Crippen LogP contribution in [-0.2, 0) is 64.8 Å². The van der Waals surface area contributed by atoms with Crippen LogP contribution in [-0.4, -0.2) is 166 Å². The monoisotopic (exact) mass is 1160 g/mol. The summed E-state index contributed by atoms with van der Waals surface area (Å²) in [6, 6.07) is 4.27. The van der Waals surface area contributed by atoms with Crippen molar-refractivity contribution >= 4 is 66.8 Å². The summed E-state index contributed by atoms with van der Waals surface area (Å²) < 4.78 is 134. The molecule has 0 bridgehead atoms. The topological polar surface area (TPSA) is 336 Å². The molecule has 0 aliphatic rings. The number of hydrogen-bond donors (Lipinski definition) is 7. The van der Waals surface area contributed by atoms with Crippen LogP contribution in [0.3, 0.4) is 0 Å². The Bertz CT molecular complexity index is 2820. The van der Waals surface area contributed by atoms with E-state index in [9.17, 15) is 58.5 Å². The number of amides is 3.